The van der Waals surface area contributed by atoms with E-state index >= 15 is 0 Å². The van der Waals surface area contributed by atoms with E-state index in [0.717, 1.165) is 5.56 Å². The number of sulfonamides is 1. The van der Waals surface area contributed by atoms with Crippen LogP contribution in [-0.2, 0) is 19.6 Å². The molecule has 0 bridgehead atoms. The third-order valence-electron chi connectivity index (χ3n) is 6.29. The molecule has 5 rings (SSSR count). The van der Waals surface area contributed by atoms with Crippen LogP contribution in [0.15, 0.2) is 77.7 Å². The topological polar surface area (TPSA) is 96.0 Å². The van der Waals surface area contributed by atoms with Crippen molar-refractivity contribution in [3.63, 3.8) is 0 Å². The molecule has 1 atom stereocenters. The van der Waals surface area contributed by atoms with E-state index in [1.165, 1.54) is 33.5 Å². The molecule has 1 saturated heterocycles. The van der Waals surface area contributed by atoms with E-state index in [9.17, 15) is 18.0 Å². The van der Waals surface area contributed by atoms with Crippen LogP contribution in [0.5, 0.6) is 0 Å². The molecule has 186 valence electrons. The van der Waals surface area contributed by atoms with Crippen LogP contribution in [0.3, 0.4) is 0 Å². The highest BCUT2D eigenvalue weighted by Crippen LogP contribution is 2.38. The zero-order valence-electron chi connectivity index (χ0n) is 19.3. The van der Waals surface area contributed by atoms with Gasteiger partial charge in [-0.2, -0.15) is 4.31 Å². The Bertz CT molecular complexity index is 1390. The fourth-order valence-electron chi connectivity index (χ4n) is 4.53. The molecule has 10 heteroatoms. The average molecular weight is 526 g/mol. The number of fused-ring (bicyclic) bond motifs is 1. The number of morpholine rings is 1. The largest absolute Gasteiger partial charge is 0.379 e. The molecule has 36 heavy (non-hydrogen) atoms. The molecule has 0 aromatic heterocycles. The van der Waals surface area contributed by atoms with Gasteiger partial charge in [0.15, 0.2) is 0 Å². The Morgan fingerprint density at radius 2 is 1.67 bits per heavy atom. The molecule has 8 nitrogen and oxygen atoms in total. The number of carbonyl (C=O) groups is 2. The van der Waals surface area contributed by atoms with Gasteiger partial charge in [0.1, 0.15) is 6.54 Å². The van der Waals surface area contributed by atoms with Gasteiger partial charge in [-0.25, -0.2) is 8.42 Å². The summed E-state index contributed by atoms with van der Waals surface area (Å²) in [5.74, 6) is -0.737. The fourth-order valence-corrected chi connectivity index (χ4v) is 6.12. The molecular formula is C26H24ClN3O5S. The lowest BCUT2D eigenvalue weighted by molar-refractivity contribution is -0.117. The van der Waals surface area contributed by atoms with Crippen molar-refractivity contribution < 1.29 is 22.7 Å². The third kappa shape index (κ3) is 4.75. The van der Waals surface area contributed by atoms with Crippen LogP contribution in [-0.4, -0.2) is 62.3 Å². The molecule has 2 aliphatic rings. The number of benzene rings is 3. The third-order valence-corrected chi connectivity index (χ3v) is 8.44. The molecule has 2 heterocycles. The molecule has 3 aromatic carbocycles. The van der Waals surface area contributed by atoms with Crippen molar-refractivity contribution in [3.8, 4) is 0 Å². The van der Waals surface area contributed by atoms with E-state index < -0.39 is 22.0 Å². The summed E-state index contributed by atoms with van der Waals surface area (Å²) < 4.78 is 32.6. The number of ether oxygens (including phenoxy) is 1. The second kappa shape index (κ2) is 10.0. The number of nitrogens with one attached hydrogen (secondary N) is 1. The SMILES string of the molecule is O=C1CN(C(=O)c2ccc(S(=O)(=O)N3CCOCC3)cc2)[C@H](c2ccccc2)c2cc(Cl)ccc2N1. The fraction of sp³-hybridized carbons (Fsp3) is 0.231. The zero-order valence-corrected chi connectivity index (χ0v) is 20.8. The number of anilines is 1. The van der Waals surface area contributed by atoms with Crippen molar-refractivity contribution in [2.24, 2.45) is 0 Å². The second-order valence-electron chi connectivity index (χ2n) is 8.57. The Kier molecular flexibility index (Phi) is 6.81. The van der Waals surface area contributed by atoms with Crippen LogP contribution in [0.4, 0.5) is 5.69 Å². The van der Waals surface area contributed by atoms with E-state index in [1.54, 1.807) is 18.2 Å². The molecule has 2 aliphatic heterocycles. The molecule has 0 spiro atoms. The van der Waals surface area contributed by atoms with Crippen molar-refractivity contribution in [3.05, 3.63) is 94.5 Å². The first-order valence-electron chi connectivity index (χ1n) is 11.5. The Labute approximate surface area is 214 Å². The number of halogens is 1. The molecule has 0 aliphatic carbocycles. The summed E-state index contributed by atoms with van der Waals surface area (Å²) in [7, 11) is -3.69. The summed E-state index contributed by atoms with van der Waals surface area (Å²) in [6.07, 6.45) is 0. The Morgan fingerprint density at radius 3 is 2.36 bits per heavy atom. The van der Waals surface area contributed by atoms with Gasteiger partial charge in [0.2, 0.25) is 15.9 Å². The summed E-state index contributed by atoms with van der Waals surface area (Å²) in [6, 6.07) is 19.8. The van der Waals surface area contributed by atoms with Crippen LogP contribution < -0.4 is 5.32 Å². The molecule has 1 fully saturated rings. The highest BCUT2D eigenvalue weighted by molar-refractivity contribution is 7.89. The predicted octanol–water partition coefficient (Wildman–Crippen LogP) is 3.54. The maximum Gasteiger partial charge on any atom is 0.255 e. The maximum absolute atomic E-state index is 13.8. The van der Waals surface area contributed by atoms with Gasteiger partial charge in [-0.3, -0.25) is 9.59 Å². The van der Waals surface area contributed by atoms with Gasteiger partial charge in [0, 0.05) is 34.9 Å². The van der Waals surface area contributed by atoms with Gasteiger partial charge in [-0.1, -0.05) is 41.9 Å². The Hall–Kier alpha value is -3.24. The van der Waals surface area contributed by atoms with Crippen LogP contribution in [0, 0.1) is 0 Å². The second-order valence-corrected chi connectivity index (χ2v) is 10.9. The lowest BCUT2D eigenvalue weighted by Gasteiger charge is -2.31. The number of nitrogens with zero attached hydrogens (tertiary/aromatic N) is 2. The molecule has 3 aromatic rings. The molecular weight excluding hydrogens is 502 g/mol. The van der Waals surface area contributed by atoms with E-state index in [1.807, 2.05) is 30.3 Å². The molecule has 0 radical (unpaired) electrons. The lowest BCUT2D eigenvalue weighted by Crippen LogP contribution is -2.40. The zero-order chi connectivity index (χ0) is 25.3. The Balaban J connectivity index is 1.52. The summed E-state index contributed by atoms with van der Waals surface area (Å²) >= 11 is 6.30. The molecule has 1 N–H and O–H groups in total. The van der Waals surface area contributed by atoms with Crippen LogP contribution in [0.1, 0.15) is 27.5 Å². The number of amides is 2. The number of hydrogen-bond donors (Lipinski definition) is 1. The summed E-state index contributed by atoms with van der Waals surface area (Å²) in [6.45, 7) is 1.08. The first-order chi connectivity index (χ1) is 17.3. The molecule has 0 saturated carbocycles. The van der Waals surface area contributed by atoms with Crippen LogP contribution >= 0.6 is 11.6 Å². The summed E-state index contributed by atoms with van der Waals surface area (Å²) in [5.41, 5.74) is 2.37. The van der Waals surface area contributed by atoms with Crippen molar-refractivity contribution >= 4 is 39.1 Å². The van der Waals surface area contributed by atoms with Crippen LogP contribution in [0.25, 0.3) is 0 Å². The normalized spacial score (nSPS) is 18.8. The van der Waals surface area contributed by atoms with Gasteiger partial charge in [0.25, 0.3) is 5.91 Å². The minimum Gasteiger partial charge on any atom is -0.379 e. The lowest BCUT2D eigenvalue weighted by atomic mass is 9.95. The van der Waals surface area contributed by atoms with Gasteiger partial charge in [0.05, 0.1) is 24.2 Å². The standard InChI is InChI=1S/C26H24ClN3O5S/c27-20-8-11-23-22(16-20)25(18-4-2-1-3-5-18)30(17-24(31)28-23)26(32)19-6-9-21(10-7-19)36(33,34)29-12-14-35-15-13-29/h1-11,16,25H,12-15,17H2,(H,28,31)/t25-/m1/s1. The minimum absolute atomic E-state index is 0.103. The highest BCUT2D eigenvalue weighted by atomic mass is 35.5. The summed E-state index contributed by atoms with van der Waals surface area (Å²) in [4.78, 5) is 28.1. The number of hydrogen-bond acceptors (Lipinski definition) is 5. The number of carbonyl (C=O) groups excluding carboxylic acids is 2. The van der Waals surface area contributed by atoms with Gasteiger partial charge in [-0.15, -0.1) is 0 Å². The van der Waals surface area contributed by atoms with E-state index in [2.05, 4.69) is 5.32 Å². The summed E-state index contributed by atoms with van der Waals surface area (Å²) in [5, 5.41) is 3.35. The highest BCUT2D eigenvalue weighted by Gasteiger charge is 2.34. The Morgan fingerprint density at radius 1 is 0.972 bits per heavy atom. The average Bonchev–Trinajstić information content (AvgIpc) is 3.05. The van der Waals surface area contributed by atoms with Crippen molar-refractivity contribution in [2.75, 3.05) is 38.2 Å². The molecule has 2 amide bonds. The first-order valence-corrected chi connectivity index (χ1v) is 13.3. The minimum atomic E-state index is -3.69. The van der Waals surface area contributed by atoms with Crippen molar-refractivity contribution in [2.45, 2.75) is 10.9 Å². The van der Waals surface area contributed by atoms with E-state index in [-0.39, 0.29) is 36.0 Å². The van der Waals surface area contributed by atoms with Gasteiger partial charge >= 0.3 is 0 Å². The van der Waals surface area contributed by atoms with E-state index in [0.29, 0.717) is 29.5 Å². The molecule has 0 unspecified atom stereocenters. The first kappa shape index (κ1) is 24.5. The predicted molar refractivity (Wildman–Crippen MR) is 135 cm³/mol. The maximum atomic E-state index is 13.8. The number of rotatable bonds is 4. The van der Waals surface area contributed by atoms with Crippen LogP contribution in [0.2, 0.25) is 5.02 Å². The van der Waals surface area contributed by atoms with Crippen molar-refractivity contribution in [1.82, 2.24) is 9.21 Å². The quantitative estimate of drug-likeness (QED) is 0.562. The van der Waals surface area contributed by atoms with Crippen molar-refractivity contribution in [1.29, 1.82) is 0 Å². The van der Waals surface area contributed by atoms with E-state index in [4.69, 9.17) is 16.3 Å². The van der Waals surface area contributed by atoms with Gasteiger partial charge in [-0.05, 0) is 48.0 Å². The van der Waals surface area contributed by atoms with Gasteiger partial charge < -0.3 is 15.0 Å². The smallest absolute Gasteiger partial charge is 0.255 e. The monoisotopic (exact) mass is 525 g/mol.